The molecule has 14 nitrogen and oxygen atoms in total. The van der Waals surface area contributed by atoms with Gasteiger partial charge in [0.15, 0.2) is 5.13 Å². The molecule has 2 aromatic heterocycles. The van der Waals surface area contributed by atoms with Crippen molar-refractivity contribution in [3.8, 4) is 22.9 Å². The van der Waals surface area contributed by atoms with Gasteiger partial charge in [0.05, 0.1) is 24.9 Å². The van der Waals surface area contributed by atoms with Gasteiger partial charge in [0.1, 0.15) is 40.7 Å². The van der Waals surface area contributed by atoms with Gasteiger partial charge in [-0.1, -0.05) is 39.8 Å². The second-order valence-electron chi connectivity index (χ2n) is 17.2. The highest BCUT2D eigenvalue weighted by Gasteiger charge is 2.64. The van der Waals surface area contributed by atoms with E-state index in [4.69, 9.17) is 24.2 Å². The predicted octanol–water partition coefficient (Wildman–Crippen LogP) is 8.22. The van der Waals surface area contributed by atoms with Gasteiger partial charge in [-0.15, -0.1) is 17.9 Å². The molecule has 0 bridgehead atoms. The number of likely N-dealkylation sites (tertiary alicyclic amines) is 1. The van der Waals surface area contributed by atoms with E-state index >= 15 is 0 Å². The zero-order valence-electron chi connectivity index (χ0n) is 35.2. The van der Waals surface area contributed by atoms with E-state index in [1.54, 1.807) is 24.2 Å². The first-order valence-corrected chi connectivity index (χ1v) is 23.2. The van der Waals surface area contributed by atoms with Crippen LogP contribution < -0.4 is 25.4 Å². The number of amides is 3. The largest absolute Gasteiger partial charge is 0.497 e. The summed E-state index contributed by atoms with van der Waals surface area (Å²) >= 11 is 1.48. The van der Waals surface area contributed by atoms with Crippen molar-refractivity contribution in [2.45, 2.75) is 129 Å². The van der Waals surface area contributed by atoms with Gasteiger partial charge in [0, 0.05) is 53.7 Å². The number of hydrogen-bond acceptors (Lipinski definition) is 11. The number of alkyl carbamates (subject to hydrolysis) is 1. The number of pyridine rings is 1. The highest BCUT2D eigenvalue weighted by Crippen LogP contribution is 2.70. The van der Waals surface area contributed by atoms with Gasteiger partial charge < -0.3 is 40.0 Å². The van der Waals surface area contributed by atoms with Crippen molar-refractivity contribution < 1.29 is 38.1 Å². The van der Waals surface area contributed by atoms with Gasteiger partial charge in [-0.25, -0.2) is 14.8 Å². The fourth-order valence-corrected chi connectivity index (χ4v) is 10.9. The van der Waals surface area contributed by atoms with Crippen molar-refractivity contribution >= 4 is 52.6 Å². The van der Waals surface area contributed by atoms with Crippen LogP contribution in [0.15, 0.2) is 54.2 Å². The number of methoxy groups -OCH3 is 1. The molecule has 0 spiro atoms. The Morgan fingerprint density at radius 3 is 2.53 bits per heavy atom. The van der Waals surface area contributed by atoms with E-state index in [9.17, 15) is 23.8 Å². The lowest BCUT2D eigenvalue weighted by atomic mass is 9.85. The number of nitrogens with one attached hydrogen (secondary N) is 3. The molecule has 1 saturated heterocycles. The van der Waals surface area contributed by atoms with Crippen molar-refractivity contribution in [2.24, 2.45) is 11.3 Å². The normalized spacial score (nSPS) is 23.5. The minimum atomic E-state index is -3.97. The van der Waals surface area contributed by atoms with Gasteiger partial charge in [-0.05, 0) is 75.7 Å². The van der Waals surface area contributed by atoms with Crippen LogP contribution in [0.1, 0.15) is 92.9 Å². The zero-order chi connectivity index (χ0) is 42.7. The van der Waals surface area contributed by atoms with Gasteiger partial charge in [-0.3, -0.25) is 14.2 Å². The Kier molecular flexibility index (Phi) is 13.5. The lowest BCUT2D eigenvalue weighted by Crippen LogP contribution is -2.56. The molecule has 3 aliphatic rings. The lowest BCUT2D eigenvalue weighted by Gasteiger charge is -2.35. The molecular weight excluding hydrogens is 792 g/mol. The fraction of sp³-hybridized carbons (Fsp3) is 0.558. The van der Waals surface area contributed by atoms with E-state index in [-0.39, 0.29) is 49.8 Å². The summed E-state index contributed by atoms with van der Waals surface area (Å²) in [6.45, 7) is 15.5. The first-order valence-electron chi connectivity index (χ1n) is 20.6. The number of fused-ring (bicyclic) bond motifs is 1. The van der Waals surface area contributed by atoms with Crippen LogP contribution in [0, 0.1) is 11.3 Å². The van der Waals surface area contributed by atoms with Crippen molar-refractivity contribution in [3.63, 3.8) is 0 Å². The molecule has 2 saturated carbocycles. The molecule has 3 fully saturated rings. The second-order valence-corrected chi connectivity index (χ2v) is 20.4. The molecular formula is C43H59N6O8PS. The van der Waals surface area contributed by atoms with Crippen LogP contribution in [0.4, 0.5) is 9.93 Å². The quantitative estimate of drug-likeness (QED) is 0.0806. The number of rotatable bonds is 16. The number of allylic oxidation sites excluding steroid dienone is 1. The Labute approximate surface area is 351 Å². The van der Waals surface area contributed by atoms with Crippen molar-refractivity contribution in [3.05, 3.63) is 54.2 Å². The van der Waals surface area contributed by atoms with E-state index in [1.165, 1.54) is 17.2 Å². The molecule has 16 heteroatoms. The average molecular weight is 851 g/mol. The maximum Gasteiger partial charge on any atom is 0.408 e. The van der Waals surface area contributed by atoms with Crippen LogP contribution >= 0.6 is 18.7 Å². The zero-order valence-corrected chi connectivity index (χ0v) is 36.9. The Balaban J connectivity index is 1.31. The molecule has 3 amide bonds. The highest BCUT2D eigenvalue weighted by atomic mass is 32.1. The van der Waals surface area contributed by atoms with Gasteiger partial charge in [-0.2, -0.15) is 0 Å². The lowest BCUT2D eigenvalue weighted by molar-refractivity contribution is -0.138. The average Bonchev–Trinajstić information content (AvgIpc) is 3.55. The topological polar surface area (TPSA) is 181 Å². The monoisotopic (exact) mass is 850 g/mol. The molecule has 6 atom stereocenters. The number of anilines is 1. The molecule has 6 rings (SSSR count). The fourth-order valence-electron chi connectivity index (χ4n) is 8.00. The van der Waals surface area contributed by atoms with Crippen molar-refractivity contribution in [2.75, 3.05) is 19.0 Å². The van der Waals surface area contributed by atoms with Crippen LogP contribution in [0.2, 0.25) is 0 Å². The summed E-state index contributed by atoms with van der Waals surface area (Å²) in [4.78, 5) is 64.4. The molecule has 3 heterocycles. The summed E-state index contributed by atoms with van der Waals surface area (Å²) in [6.07, 6.45) is 6.26. The van der Waals surface area contributed by atoms with Crippen LogP contribution in [0.3, 0.4) is 0 Å². The van der Waals surface area contributed by atoms with Crippen LogP contribution in [-0.2, 0) is 18.9 Å². The van der Waals surface area contributed by atoms with Crippen molar-refractivity contribution in [1.82, 2.24) is 25.5 Å². The first kappa shape index (κ1) is 44.1. The molecule has 2 aliphatic carbocycles. The summed E-state index contributed by atoms with van der Waals surface area (Å²) in [7, 11) is -2.38. The second kappa shape index (κ2) is 18.0. The summed E-state index contributed by atoms with van der Waals surface area (Å²) in [6, 6.07) is 5.89. The van der Waals surface area contributed by atoms with E-state index in [2.05, 4.69) is 22.5 Å². The minimum Gasteiger partial charge on any atom is -0.497 e. The SMILES string of the molecule is C=C[C@@H]1C[C@]1(NC(=O)CC1C[C@@H](Oc2cc(-c3csc(NC(C)C)n3)nc3cc(OC)ccc23)CN1C(=O)[C@@H](NC(=O)OC1CCCC1)C(C)(C)C)P(=O)(O)/C=C\CC. The molecule has 0 radical (unpaired) electrons. The Morgan fingerprint density at radius 2 is 1.88 bits per heavy atom. The standard InChI is InChI=1S/C43H59N6O8PS/c1-9-11-18-58(53,54)43(23-27(43)10-2)48-37(50)20-28-19-31(24-49(28)39(51)38(42(5,6)7)47-41(52)57-29-14-12-13-15-29)56-36-22-34(35-25-59-40(46-35)44-26(3)4)45-33-21-30(55-8)16-17-32(33)36/h10-11,16-18,21-22,25-29,31,38H,2,9,12-15,19-20,23-24H2,1,3-8H3,(H,44,46)(H,47,52)(H,48,50)(H,53,54)/b18-11-/t27-,28?,31-,38-,43+/m1/s1. The molecule has 1 aliphatic heterocycles. The highest BCUT2D eigenvalue weighted by molar-refractivity contribution is 7.63. The Hall–Kier alpha value is -4.46. The van der Waals surface area contributed by atoms with E-state index in [0.29, 0.717) is 34.8 Å². The number of carbonyl (C=O) groups excluding carboxylic acids is 3. The van der Waals surface area contributed by atoms with Crippen LogP contribution in [0.25, 0.3) is 22.3 Å². The van der Waals surface area contributed by atoms with E-state index < -0.39 is 48.3 Å². The molecule has 59 heavy (non-hydrogen) atoms. The molecule has 4 N–H and O–H groups in total. The predicted molar refractivity (Wildman–Crippen MR) is 231 cm³/mol. The summed E-state index contributed by atoms with van der Waals surface area (Å²) in [5.41, 5.74) is 1.15. The number of carbonyl (C=O) groups is 3. The van der Waals surface area contributed by atoms with E-state index in [1.807, 2.05) is 71.2 Å². The number of aromatic nitrogens is 2. The smallest absolute Gasteiger partial charge is 0.408 e. The number of nitrogens with zero attached hydrogens (tertiary/aromatic N) is 3. The molecule has 3 aromatic rings. The number of hydrogen-bond donors (Lipinski definition) is 4. The maximum absolute atomic E-state index is 14.8. The minimum absolute atomic E-state index is 0.106. The van der Waals surface area contributed by atoms with Gasteiger partial charge >= 0.3 is 6.09 Å². The van der Waals surface area contributed by atoms with Crippen LogP contribution in [0.5, 0.6) is 11.5 Å². The summed E-state index contributed by atoms with van der Waals surface area (Å²) < 4.78 is 31.7. The van der Waals surface area contributed by atoms with Crippen molar-refractivity contribution in [1.29, 1.82) is 0 Å². The maximum atomic E-state index is 14.8. The summed E-state index contributed by atoms with van der Waals surface area (Å²) in [5, 5.41) is 11.1. The number of benzene rings is 1. The molecule has 1 aromatic carbocycles. The summed E-state index contributed by atoms with van der Waals surface area (Å²) in [5.74, 6) is 1.19. The molecule has 2 unspecified atom stereocenters. The third-order valence-corrected chi connectivity index (χ3v) is 14.4. The van der Waals surface area contributed by atoms with E-state index in [0.717, 1.165) is 36.2 Å². The number of ether oxygens (including phenoxy) is 3. The third kappa shape index (κ3) is 10.1. The first-order chi connectivity index (χ1) is 28.0. The van der Waals surface area contributed by atoms with Crippen LogP contribution in [-0.4, -0.2) is 86.9 Å². The Morgan fingerprint density at radius 1 is 1.14 bits per heavy atom. The Bertz CT molecular complexity index is 2110. The van der Waals surface area contributed by atoms with Gasteiger partial charge in [0.25, 0.3) is 0 Å². The molecule has 320 valence electrons. The third-order valence-electron chi connectivity index (χ3n) is 11.2. The number of thiazole rings is 1. The van der Waals surface area contributed by atoms with Gasteiger partial charge in [0.2, 0.25) is 19.2 Å².